The van der Waals surface area contributed by atoms with E-state index in [4.69, 9.17) is 5.73 Å². The molecule has 2 amide bonds. The molecule has 0 bridgehead atoms. The van der Waals surface area contributed by atoms with Crippen LogP contribution in [0.15, 0.2) is 18.5 Å². The summed E-state index contributed by atoms with van der Waals surface area (Å²) in [7, 11) is 0. The number of anilines is 2. The first-order chi connectivity index (χ1) is 9.37. The zero-order valence-corrected chi connectivity index (χ0v) is 12.4. The number of carbonyl (C=O) groups excluding carboxylic acids is 1. The summed E-state index contributed by atoms with van der Waals surface area (Å²) in [6, 6.07) is 1.92. The second-order valence-corrected chi connectivity index (χ2v) is 6.09. The summed E-state index contributed by atoms with van der Waals surface area (Å²) in [5, 5.41) is 2.99. The number of nitrogens with zero attached hydrogens (tertiary/aromatic N) is 3. The van der Waals surface area contributed by atoms with Gasteiger partial charge in [0.05, 0.1) is 17.6 Å². The molecule has 0 atom stereocenters. The third kappa shape index (κ3) is 3.53. The first kappa shape index (κ1) is 14.4. The van der Waals surface area contributed by atoms with Crippen LogP contribution in [0.2, 0.25) is 0 Å². The van der Waals surface area contributed by atoms with Gasteiger partial charge in [-0.15, -0.1) is 0 Å². The van der Waals surface area contributed by atoms with Crippen LogP contribution >= 0.6 is 0 Å². The zero-order valence-electron chi connectivity index (χ0n) is 12.4. The van der Waals surface area contributed by atoms with Crippen molar-refractivity contribution in [3.05, 3.63) is 18.5 Å². The Morgan fingerprint density at radius 3 is 2.50 bits per heavy atom. The molecule has 0 unspecified atom stereocenters. The van der Waals surface area contributed by atoms with Gasteiger partial charge in [-0.2, -0.15) is 0 Å². The molecule has 0 aliphatic carbocycles. The van der Waals surface area contributed by atoms with Gasteiger partial charge in [0, 0.05) is 37.9 Å². The summed E-state index contributed by atoms with van der Waals surface area (Å²) in [5.41, 5.74) is 7.40. The van der Waals surface area contributed by atoms with E-state index in [2.05, 4.69) is 15.2 Å². The number of amides is 2. The Kier molecular flexibility index (Phi) is 4.01. The van der Waals surface area contributed by atoms with E-state index in [9.17, 15) is 4.79 Å². The number of aromatic nitrogens is 1. The van der Waals surface area contributed by atoms with Gasteiger partial charge >= 0.3 is 6.03 Å². The van der Waals surface area contributed by atoms with Crippen molar-refractivity contribution >= 4 is 17.4 Å². The van der Waals surface area contributed by atoms with Crippen molar-refractivity contribution in [1.29, 1.82) is 0 Å². The highest BCUT2D eigenvalue weighted by Crippen LogP contribution is 2.22. The van der Waals surface area contributed by atoms with E-state index in [1.807, 2.05) is 31.7 Å². The Bertz CT molecular complexity index is 475. The molecule has 110 valence electrons. The van der Waals surface area contributed by atoms with Crippen molar-refractivity contribution in [2.24, 2.45) is 0 Å². The second kappa shape index (κ2) is 5.56. The van der Waals surface area contributed by atoms with E-state index in [-0.39, 0.29) is 11.6 Å². The van der Waals surface area contributed by atoms with Crippen LogP contribution in [0.5, 0.6) is 0 Å². The van der Waals surface area contributed by atoms with Crippen LogP contribution in [0.3, 0.4) is 0 Å². The number of rotatable bonds is 1. The molecule has 2 heterocycles. The first-order valence-corrected chi connectivity index (χ1v) is 6.88. The zero-order chi connectivity index (χ0) is 14.8. The van der Waals surface area contributed by atoms with Gasteiger partial charge in [-0.3, -0.25) is 4.98 Å². The third-order valence-corrected chi connectivity index (χ3v) is 3.22. The fourth-order valence-electron chi connectivity index (χ4n) is 2.24. The van der Waals surface area contributed by atoms with Gasteiger partial charge in [0.1, 0.15) is 0 Å². The summed E-state index contributed by atoms with van der Waals surface area (Å²) in [4.78, 5) is 20.1. The SMILES string of the molecule is CC(C)(C)NC(=O)N1CCN(c2ccncc2N)CC1. The molecule has 0 aromatic carbocycles. The molecule has 0 saturated carbocycles. The van der Waals surface area contributed by atoms with Gasteiger partial charge in [-0.1, -0.05) is 0 Å². The van der Waals surface area contributed by atoms with Gasteiger partial charge in [-0.05, 0) is 26.8 Å². The van der Waals surface area contributed by atoms with E-state index < -0.39 is 0 Å². The quantitative estimate of drug-likeness (QED) is 0.811. The summed E-state index contributed by atoms with van der Waals surface area (Å²) in [6.07, 6.45) is 3.40. The maximum atomic E-state index is 12.1. The largest absolute Gasteiger partial charge is 0.396 e. The van der Waals surface area contributed by atoms with Crippen LogP contribution in [-0.2, 0) is 0 Å². The lowest BCUT2D eigenvalue weighted by molar-refractivity contribution is 0.185. The minimum Gasteiger partial charge on any atom is -0.396 e. The van der Waals surface area contributed by atoms with Crippen molar-refractivity contribution in [3.63, 3.8) is 0 Å². The summed E-state index contributed by atoms with van der Waals surface area (Å²) in [5.74, 6) is 0. The van der Waals surface area contributed by atoms with Gasteiger partial charge in [-0.25, -0.2) is 4.79 Å². The first-order valence-electron chi connectivity index (χ1n) is 6.88. The maximum Gasteiger partial charge on any atom is 0.317 e. The number of carbonyl (C=O) groups is 1. The summed E-state index contributed by atoms with van der Waals surface area (Å²) in [6.45, 7) is 8.92. The lowest BCUT2D eigenvalue weighted by atomic mass is 10.1. The van der Waals surface area contributed by atoms with Gasteiger partial charge in [0.25, 0.3) is 0 Å². The number of nitrogen functional groups attached to an aromatic ring is 1. The van der Waals surface area contributed by atoms with Crippen LogP contribution in [0.4, 0.5) is 16.2 Å². The summed E-state index contributed by atoms with van der Waals surface area (Å²) < 4.78 is 0. The minimum atomic E-state index is -0.205. The molecule has 6 nitrogen and oxygen atoms in total. The highest BCUT2D eigenvalue weighted by Gasteiger charge is 2.24. The number of nitrogens with two attached hydrogens (primary N) is 1. The Hall–Kier alpha value is -1.98. The smallest absolute Gasteiger partial charge is 0.317 e. The molecular weight excluding hydrogens is 254 g/mol. The molecule has 3 N–H and O–H groups in total. The number of piperazine rings is 1. The molecule has 0 radical (unpaired) electrons. The molecule has 1 aromatic heterocycles. The van der Waals surface area contributed by atoms with Crippen molar-refractivity contribution in [2.75, 3.05) is 36.8 Å². The Balaban J connectivity index is 1.93. The van der Waals surface area contributed by atoms with E-state index in [1.165, 1.54) is 0 Å². The lowest BCUT2D eigenvalue weighted by Crippen LogP contribution is -2.55. The summed E-state index contributed by atoms with van der Waals surface area (Å²) >= 11 is 0. The van der Waals surface area contributed by atoms with Crippen LogP contribution in [-0.4, -0.2) is 47.6 Å². The molecule has 1 fully saturated rings. The highest BCUT2D eigenvalue weighted by molar-refractivity contribution is 5.75. The number of urea groups is 1. The van der Waals surface area contributed by atoms with Gasteiger partial charge in [0.2, 0.25) is 0 Å². The number of hydrogen-bond donors (Lipinski definition) is 2. The number of pyridine rings is 1. The Morgan fingerprint density at radius 1 is 1.30 bits per heavy atom. The Morgan fingerprint density at radius 2 is 1.95 bits per heavy atom. The fraction of sp³-hybridized carbons (Fsp3) is 0.571. The molecule has 6 heteroatoms. The highest BCUT2D eigenvalue weighted by atomic mass is 16.2. The monoisotopic (exact) mass is 277 g/mol. The normalized spacial score (nSPS) is 16.1. The molecule has 0 spiro atoms. The van der Waals surface area contributed by atoms with Crippen molar-refractivity contribution in [3.8, 4) is 0 Å². The lowest BCUT2D eigenvalue weighted by Gasteiger charge is -2.37. The van der Waals surface area contributed by atoms with Crippen molar-refractivity contribution in [2.45, 2.75) is 26.3 Å². The topological polar surface area (TPSA) is 74.5 Å². The van der Waals surface area contributed by atoms with Crippen LogP contribution in [0.25, 0.3) is 0 Å². The Labute approximate surface area is 120 Å². The molecule has 1 saturated heterocycles. The van der Waals surface area contributed by atoms with E-state index >= 15 is 0 Å². The molecule has 1 aliphatic rings. The average Bonchev–Trinajstić information content (AvgIpc) is 2.37. The minimum absolute atomic E-state index is 0.000139. The molecule has 2 rings (SSSR count). The molecular formula is C14H23N5O. The van der Waals surface area contributed by atoms with E-state index in [0.717, 1.165) is 18.8 Å². The van der Waals surface area contributed by atoms with Crippen LogP contribution in [0, 0.1) is 0 Å². The third-order valence-electron chi connectivity index (χ3n) is 3.22. The fourth-order valence-corrected chi connectivity index (χ4v) is 2.24. The molecule has 1 aliphatic heterocycles. The maximum absolute atomic E-state index is 12.1. The van der Waals surface area contributed by atoms with E-state index in [0.29, 0.717) is 18.8 Å². The number of nitrogens with one attached hydrogen (secondary N) is 1. The van der Waals surface area contributed by atoms with Crippen LogP contribution < -0.4 is 16.0 Å². The predicted molar refractivity (Wildman–Crippen MR) is 80.7 cm³/mol. The average molecular weight is 277 g/mol. The van der Waals surface area contributed by atoms with Crippen molar-refractivity contribution < 1.29 is 4.79 Å². The number of hydrogen-bond acceptors (Lipinski definition) is 4. The predicted octanol–water partition coefficient (Wildman–Crippen LogP) is 1.29. The van der Waals surface area contributed by atoms with Crippen LogP contribution in [0.1, 0.15) is 20.8 Å². The standard InChI is InChI=1S/C14H23N5O/c1-14(2,3)17-13(20)19-8-6-18(7-9-19)12-4-5-16-10-11(12)15/h4-5,10H,6-9,15H2,1-3H3,(H,17,20). The van der Waals surface area contributed by atoms with Gasteiger partial charge < -0.3 is 20.9 Å². The van der Waals surface area contributed by atoms with E-state index in [1.54, 1.807) is 12.4 Å². The van der Waals surface area contributed by atoms with Gasteiger partial charge in [0.15, 0.2) is 0 Å². The second-order valence-electron chi connectivity index (χ2n) is 6.09. The van der Waals surface area contributed by atoms with Crippen molar-refractivity contribution in [1.82, 2.24) is 15.2 Å². The molecule has 20 heavy (non-hydrogen) atoms. The molecule has 1 aromatic rings.